The summed E-state index contributed by atoms with van der Waals surface area (Å²) in [5.41, 5.74) is 3.03. The molecule has 0 saturated heterocycles. The highest BCUT2D eigenvalue weighted by Gasteiger charge is 2.19. The summed E-state index contributed by atoms with van der Waals surface area (Å²) in [4.78, 5) is 13.5. The topological polar surface area (TPSA) is 74.1 Å². The lowest BCUT2D eigenvalue weighted by atomic mass is 10.2. The van der Waals surface area contributed by atoms with Gasteiger partial charge in [-0.05, 0) is 60.1 Å². The van der Waals surface area contributed by atoms with E-state index < -0.39 is 0 Å². The average Bonchev–Trinajstić information content (AvgIpc) is 3.12. The normalized spacial score (nSPS) is 10.9. The van der Waals surface area contributed by atoms with Gasteiger partial charge < -0.3 is 14.8 Å². The van der Waals surface area contributed by atoms with Crippen molar-refractivity contribution in [1.82, 2.24) is 19.5 Å². The fourth-order valence-corrected chi connectivity index (χ4v) is 3.18. The number of hydrogen-bond donors (Lipinski definition) is 1. The second kappa shape index (κ2) is 7.36. The zero-order chi connectivity index (χ0) is 19.7. The van der Waals surface area contributed by atoms with Crippen LogP contribution in [0.2, 0.25) is 5.28 Å². The Morgan fingerprint density at radius 2 is 1.46 bits per heavy atom. The molecule has 2 heterocycles. The second-order valence-electron chi connectivity index (χ2n) is 5.96. The Morgan fingerprint density at radius 1 is 0.857 bits per heavy atom. The van der Waals surface area contributed by atoms with Gasteiger partial charge in [0.25, 0.3) is 0 Å². The predicted octanol–water partition coefficient (Wildman–Crippen LogP) is 4.19. The number of nitrogens with zero attached hydrogens (tertiary/aromatic N) is 4. The first-order chi connectivity index (χ1) is 13.6. The van der Waals surface area contributed by atoms with Gasteiger partial charge in [0.2, 0.25) is 5.28 Å². The Balaban J connectivity index is 2.01. The van der Waals surface area contributed by atoms with Gasteiger partial charge in [0.05, 0.1) is 14.2 Å². The van der Waals surface area contributed by atoms with Crippen LogP contribution in [0.4, 0.5) is 5.82 Å². The second-order valence-corrected chi connectivity index (χ2v) is 6.30. The Bertz CT molecular complexity index is 1120. The molecule has 1 N–H and O–H groups in total. The number of anilines is 1. The first-order valence-corrected chi connectivity index (χ1v) is 8.95. The quantitative estimate of drug-likeness (QED) is 0.510. The summed E-state index contributed by atoms with van der Waals surface area (Å²) in [6.07, 6.45) is 0. The molecule has 8 heteroatoms. The van der Waals surface area contributed by atoms with Gasteiger partial charge >= 0.3 is 0 Å². The van der Waals surface area contributed by atoms with Gasteiger partial charge in [-0.1, -0.05) is 0 Å². The molecule has 28 heavy (non-hydrogen) atoms. The van der Waals surface area contributed by atoms with E-state index in [0.717, 1.165) is 28.6 Å². The number of fused-ring (bicyclic) bond motifs is 1. The van der Waals surface area contributed by atoms with E-state index in [2.05, 4.69) is 15.3 Å². The van der Waals surface area contributed by atoms with Crippen LogP contribution in [-0.4, -0.2) is 40.8 Å². The standard InChI is InChI=1S/C20H18ClN5O2/c1-22-17-16-19(25-20(21)24-17)26(13-6-10-15(28-3)11-7-13)18(23-16)12-4-8-14(27-2)9-5-12/h4-11H,1-3H3,(H,22,24,25). The maximum atomic E-state index is 6.16. The van der Waals surface area contributed by atoms with Crippen molar-refractivity contribution in [1.29, 1.82) is 0 Å². The lowest BCUT2D eigenvalue weighted by Crippen LogP contribution is -2.01. The van der Waals surface area contributed by atoms with Gasteiger partial charge in [-0.15, -0.1) is 0 Å². The fraction of sp³-hybridized carbons (Fsp3) is 0.150. The van der Waals surface area contributed by atoms with Gasteiger partial charge in [-0.3, -0.25) is 4.57 Å². The molecule has 0 amide bonds. The fourth-order valence-electron chi connectivity index (χ4n) is 3.02. The minimum atomic E-state index is 0.146. The van der Waals surface area contributed by atoms with Crippen LogP contribution in [0, 0.1) is 0 Å². The molecule has 0 atom stereocenters. The third kappa shape index (κ3) is 3.10. The average molecular weight is 396 g/mol. The largest absolute Gasteiger partial charge is 0.497 e. The summed E-state index contributed by atoms with van der Waals surface area (Å²) >= 11 is 6.16. The van der Waals surface area contributed by atoms with Crippen molar-refractivity contribution in [3.63, 3.8) is 0 Å². The van der Waals surface area contributed by atoms with Gasteiger partial charge in [-0.2, -0.15) is 9.97 Å². The molecule has 142 valence electrons. The molecule has 2 aromatic heterocycles. The molecule has 0 radical (unpaired) electrons. The summed E-state index contributed by atoms with van der Waals surface area (Å²) in [5, 5.41) is 3.19. The number of aromatic nitrogens is 4. The molecule has 0 bridgehead atoms. The molecular weight excluding hydrogens is 378 g/mol. The van der Waals surface area contributed by atoms with Crippen molar-refractivity contribution in [2.75, 3.05) is 26.6 Å². The van der Waals surface area contributed by atoms with Crippen molar-refractivity contribution < 1.29 is 9.47 Å². The molecule has 4 aromatic rings. The number of imidazole rings is 1. The van der Waals surface area contributed by atoms with Crippen LogP contribution >= 0.6 is 11.6 Å². The maximum absolute atomic E-state index is 6.16. The van der Waals surface area contributed by atoms with E-state index in [1.165, 1.54) is 0 Å². The molecule has 0 aliphatic rings. The van der Waals surface area contributed by atoms with Crippen LogP contribution in [0.3, 0.4) is 0 Å². The Kier molecular flexibility index (Phi) is 4.75. The molecule has 0 spiro atoms. The molecule has 4 rings (SSSR count). The molecule has 0 unspecified atom stereocenters. The van der Waals surface area contributed by atoms with E-state index in [9.17, 15) is 0 Å². The molecule has 2 aromatic carbocycles. The first-order valence-electron chi connectivity index (χ1n) is 8.57. The molecule has 0 aliphatic heterocycles. The maximum Gasteiger partial charge on any atom is 0.226 e. The highest BCUT2D eigenvalue weighted by atomic mass is 35.5. The van der Waals surface area contributed by atoms with Crippen LogP contribution < -0.4 is 14.8 Å². The van der Waals surface area contributed by atoms with E-state index in [4.69, 9.17) is 26.1 Å². The predicted molar refractivity (Wildman–Crippen MR) is 110 cm³/mol. The zero-order valence-electron chi connectivity index (χ0n) is 15.6. The summed E-state index contributed by atoms with van der Waals surface area (Å²) < 4.78 is 12.5. The van der Waals surface area contributed by atoms with E-state index in [1.54, 1.807) is 21.3 Å². The van der Waals surface area contributed by atoms with Crippen molar-refractivity contribution in [3.8, 4) is 28.6 Å². The van der Waals surface area contributed by atoms with E-state index in [0.29, 0.717) is 17.0 Å². The van der Waals surface area contributed by atoms with E-state index >= 15 is 0 Å². The van der Waals surface area contributed by atoms with Crippen LogP contribution in [0.15, 0.2) is 48.5 Å². The lowest BCUT2D eigenvalue weighted by molar-refractivity contribution is 0.414. The number of rotatable bonds is 5. The Morgan fingerprint density at radius 3 is 2.04 bits per heavy atom. The molecule has 0 fully saturated rings. The molecule has 0 aliphatic carbocycles. The smallest absolute Gasteiger partial charge is 0.226 e. The number of halogens is 1. The molecule has 7 nitrogen and oxygen atoms in total. The van der Waals surface area contributed by atoms with E-state index in [1.807, 2.05) is 53.1 Å². The third-order valence-electron chi connectivity index (χ3n) is 4.40. The third-order valence-corrected chi connectivity index (χ3v) is 4.56. The van der Waals surface area contributed by atoms with Gasteiger partial charge in [0, 0.05) is 18.3 Å². The zero-order valence-corrected chi connectivity index (χ0v) is 16.4. The summed E-state index contributed by atoms with van der Waals surface area (Å²) in [6.45, 7) is 0. The molecular formula is C20H18ClN5O2. The van der Waals surface area contributed by atoms with Crippen LogP contribution in [0.25, 0.3) is 28.2 Å². The van der Waals surface area contributed by atoms with Crippen LogP contribution in [0.1, 0.15) is 0 Å². The van der Waals surface area contributed by atoms with Crippen molar-refractivity contribution in [2.45, 2.75) is 0 Å². The number of hydrogen-bond acceptors (Lipinski definition) is 6. The van der Waals surface area contributed by atoms with Crippen LogP contribution in [-0.2, 0) is 0 Å². The Hall–Kier alpha value is -3.32. The van der Waals surface area contributed by atoms with Crippen molar-refractivity contribution in [2.24, 2.45) is 0 Å². The highest BCUT2D eigenvalue weighted by Crippen LogP contribution is 2.32. The molecule has 0 saturated carbocycles. The van der Waals surface area contributed by atoms with Crippen molar-refractivity contribution in [3.05, 3.63) is 53.8 Å². The minimum absolute atomic E-state index is 0.146. The van der Waals surface area contributed by atoms with Gasteiger partial charge in [-0.25, -0.2) is 4.98 Å². The highest BCUT2D eigenvalue weighted by molar-refractivity contribution is 6.28. The SMILES string of the molecule is CNc1nc(Cl)nc2c1nc(-c1ccc(OC)cc1)n2-c1ccc(OC)cc1. The number of ether oxygens (including phenoxy) is 2. The van der Waals surface area contributed by atoms with Gasteiger partial charge in [0.15, 0.2) is 17.0 Å². The lowest BCUT2D eigenvalue weighted by Gasteiger charge is -2.10. The summed E-state index contributed by atoms with van der Waals surface area (Å²) in [5.74, 6) is 2.82. The van der Waals surface area contributed by atoms with Gasteiger partial charge in [0.1, 0.15) is 17.3 Å². The van der Waals surface area contributed by atoms with Crippen molar-refractivity contribution >= 4 is 28.6 Å². The Labute approximate surface area is 166 Å². The first kappa shape index (κ1) is 18.1. The van der Waals surface area contributed by atoms with E-state index in [-0.39, 0.29) is 5.28 Å². The summed E-state index contributed by atoms with van der Waals surface area (Å²) in [7, 11) is 5.05. The summed E-state index contributed by atoms with van der Waals surface area (Å²) in [6, 6.07) is 15.4. The van der Waals surface area contributed by atoms with Crippen LogP contribution in [0.5, 0.6) is 11.5 Å². The monoisotopic (exact) mass is 395 g/mol. The minimum Gasteiger partial charge on any atom is -0.497 e. The number of benzene rings is 2. The number of nitrogens with one attached hydrogen (secondary N) is 1. The number of methoxy groups -OCH3 is 2.